The van der Waals surface area contributed by atoms with Crippen molar-refractivity contribution in [2.24, 2.45) is 7.05 Å². The molecular formula is C16H30N2O3P+. The zero-order valence-corrected chi connectivity index (χ0v) is 14.9. The van der Waals surface area contributed by atoms with Crippen LogP contribution in [0.2, 0.25) is 0 Å². The van der Waals surface area contributed by atoms with Crippen LogP contribution in [0.3, 0.4) is 0 Å². The third-order valence-electron chi connectivity index (χ3n) is 3.93. The Morgan fingerprint density at radius 3 is 2.09 bits per heavy atom. The summed E-state index contributed by atoms with van der Waals surface area (Å²) in [4.78, 5) is 0. The van der Waals surface area contributed by atoms with Gasteiger partial charge in [0.25, 0.3) is 0 Å². The van der Waals surface area contributed by atoms with Crippen molar-refractivity contribution < 1.29 is 18.2 Å². The quantitative estimate of drug-likeness (QED) is 0.299. The number of aromatic nitrogens is 2. The maximum Gasteiger partial charge on any atom is 0.534 e. The van der Waals surface area contributed by atoms with E-state index in [2.05, 4.69) is 6.92 Å². The fourth-order valence-electron chi connectivity index (χ4n) is 2.63. The molecule has 0 saturated heterocycles. The van der Waals surface area contributed by atoms with Gasteiger partial charge in [-0.15, -0.1) is 0 Å². The topological polar surface area (TPSA) is 52.2 Å². The largest absolute Gasteiger partial charge is 0.534 e. The van der Waals surface area contributed by atoms with Crippen molar-refractivity contribution >= 4 is 7.91 Å². The lowest BCUT2D eigenvalue weighted by Crippen LogP contribution is -2.33. The van der Waals surface area contributed by atoms with Crippen molar-refractivity contribution in [2.75, 3.05) is 0 Å². The number of nitrogens with zero attached hydrogens (tertiary/aromatic N) is 2. The van der Waals surface area contributed by atoms with E-state index < -0.39 is 7.91 Å². The van der Waals surface area contributed by atoms with E-state index in [4.69, 9.17) is 4.52 Å². The van der Waals surface area contributed by atoms with E-state index in [0.29, 0.717) is 6.01 Å². The second-order valence-electron chi connectivity index (χ2n) is 5.88. The highest BCUT2D eigenvalue weighted by Crippen LogP contribution is 2.14. The number of hydrogen-bond acceptors (Lipinski definition) is 3. The number of imidazole rings is 1. The first-order valence-electron chi connectivity index (χ1n) is 8.52. The second-order valence-corrected chi connectivity index (χ2v) is 6.51. The predicted octanol–water partition coefficient (Wildman–Crippen LogP) is 4.70. The van der Waals surface area contributed by atoms with E-state index in [0.717, 1.165) is 13.0 Å². The molecule has 0 spiro atoms. The van der Waals surface area contributed by atoms with Crippen LogP contribution in [0.4, 0.5) is 0 Å². The first kappa shape index (κ1) is 19.0. The molecule has 0 bridgehead atoms. The van der Waals surface area contributed by atoms with E-state index in [9.17, 15) is 9.13 Å². The van der Waals surface area contributed by atoms with Crippen LogP contribution in [-0.4, -0.2) is 4.57 Å². The van der Waals surface area contributed by atoms with Crippen LogP contribution in [0.5, 0.6) is 6.01 Å². The van der Waals surface area contributed by atoms with Crippen LogP contribution in [0.15, 0.2) is 12.4 Å². The summed E-state index contributed by atoms with van der Waals surface area (Å²) in [6.45, 7) is 3.05. The van der Waals surface area contributed by atoms with Crippen LogP contribution in [0.1, 0.15) is 71.1 Å². The van der Waals surface area contributed by atoms with E-state index in [1.54, 1.807) is 11.6 Å². The van der Waals surface area contributed by atoms with E-state index in [-0.39, 0.29) is 0 Å². The SMILES string of the molecule is CCCCCCCCCCCC[n+]1ccn(C)c1OP(=O)=O. The standard InChI is InChI=1S/C16H30N2O3P/c1-3-4-5-6-7-8-9-10-11-12-13-18-15-14-17(2)16(18)21-22(19)20/h14-15H,3-13H2,1-2H3/q+1. The molecule has 0 unspecified atom stereocenters. The van der Waals surface area contributed by atoms with Crippen LogP contribution in [0.25, 0.3) is 0 Å². The molecule has 0 fully saturated rings. The average molecular weight is 329 g/mol. The molecule has 0 aliphatic carbocycles. The maximum absolute atomic E-state index is 10.7. The Balaban J connectivity index is 2.10. The molecule has 0 aliphatic heterocycles. The summed E-state index contributed by atoms with van der Waals surface area (Å²) < 4.78 is 29.8. The van der Waals surface area contributed by atoms with Gasteiger partial charge in [0, 0.05) is 0 Å². The third kappa shape index (κ3) is 7.79. The van der Waals surface area contributed by atoms with Crippen molar-refractivity contribution in [3.63, 3.8) is 0 Å². The fourth-order valence-corrected chi connectivity index (χ4v) is 3.00. The maximum atomic E-state index is 10.7. The molecular weight excluding hydrogens is 299 g/mol. The summed E-state index contributed by atoms with van der Waals surface area (Å²) in [6, 6.07) is 0.382. The average Bonchev–Trinajstić information content (AvgIpc) is 2.81. The van der Waals surface area contributed by atoms with Gasteiger partial charge in [0.05, 0.1) is 13.6 Å². The lowest BCUT2D eigenvalue weighted by molar-refractivity contribution is -0.699. The molecule has 0 amide bonds. The molecule has 1 aromatic rings. The van der Waals surface area contributed by atoms with Crippen molar-refractivity contribution in [3.8, 4) is 6.01 Å². The van der Waals surface area contributed by atoms with Gasteiger partial charge in [-0.3, -0.25) is 0 Å². The van der Waals surface area contributed by atoms with Crippen molar-refractivity contribution in [1.29, 1.82) is 0 Å². The smallest absolute Gasteiger partial charge is 0.315 e. The summed E-state index contributed by atoms with van der Waals surface area (Å²) in [5, 5.41) is 0. The van der Waals surface area contributed by atoms with Gasteiger partial charge in [0.15, 0.2) is 0 Å². The minimum absolute atomic E-state index is 0.382. The Labute approximate surface area is 134 Å². The van der Waals surface area contributed by atoms with Gasteiger partial charge < -0.3 is 4.52 Å². The van der Waals surface area contributed by atoms with Crippen LogP contribution >= 0.6 is 7.91 Å². The molecule has 0 saturated carbocycles. The van der Waals surface area contributed by atoms with Gasteiger partial charge in [-0.25, -0.2) is 0 Å². The fraction of sp³-hybridized carbons (Fsp3) is 0.812. The summed E-state index contributed by atoms with van der Waals surface area (Å²) in [6.07, 6.45) is 16.6. The van der Waals surface area contributed by atoms with Crippen molar-refractivity contribution in [2.45, 2.75) is 77.7 Å². The molecule has 0 atom stereocenters. The van der Waals surface area contributed by atoms with Crippen LogP contribution in [-0.2, 0) is 22.7 Å². The first-order valence-corrected chi connectivity index (χ1v) is 9.61. The highest BCUT2D eigenvalue weighted by Gasteiger charge is 2.18. The van der Waals surface area contributed by atoms with Gasteiger partial charge in [-0.2, -0.15) is 18.3 Å². The van der Waals surface area contributed by atoms with Gasteiger partial charge in [0.1, 0.15) is 12.4 Å². The van der Waals surface area contributed by atoms with Gasteiger partial charge >= 0.3 is 13.9 Å². The van der Waals surface area contributed by atoms with Crippen LogP contribution in [0, 0.1) is 0 Å². The van der Waals surface area contributed by atoms with E-state index in [1.165, 1.54) is 57.8 Å². The molecule has 0 N–H and O–H groups in total. The number of rotatable bonds is 13. The highest BCUT2D eigenvalue weighted by atomic mass is 31.1. The first-order chi connectivity index (χ1) is 10.6. The van der Waals surface area contributed by atoms with Gasteiger partial charge in [-0.1, -0.05) is 58.3 Å². The summed E-state index contributed by atoms with van der Waals surface area (Å²) in [5.41, 5.74) is 0. The van der Waals surface area contributed by atoms with Crippen molar-refractivity contribution in [3.05, 3.63) is 12.4 Å². The number of hydrogen-bond donors (Lipinski definition) is 0. The summed E-state index contributed by atoms with van der Waals surface area (Å²) in [7, 11) is -1.08. The van der Waals surface area contributed by atoms with Crippen LogP contribution < -0.4 is 9.09 Å². The monoisotopic (exact) mass is 329 g/mol. The highest BCUT2D eigenvalue weighted by molar-refractivity contribution is 7.25. The molecule has 1 heterocycles. The molecule has 0 radical (unpaired) electrons. The number of aryl methyl sites for hydroxylation is 2. The van der Waals surface area contributed by atoms with Gasteiger partial charge in [0.2, 0.25) is 0 Å². The second kappa shape index (κ2) is 11.5. The Morgan fingerprint density at radius 1 is 1.00 bits per heavy atom. The van der Waals surface area contributed by atoms with E-state index in [1.807, 2.05) is 17.0 Å². The zero-order chi connectivity index (χ0) is 16.2. The summed E-state index contributed by atoms with van der Waals surface area (Å²) in [5.74, 6) is 0. The predicted molar refractivity (Wildman–Crippen MR) is 86.4 cm³/mol. The van der Waals surface area contributed by atoms with Crippen molar-refractivity contribution in [1.82, 2.24) is 4.57 Å². The normalized spacial score (nSPS) is 10.8. The lowest BCUT2D eigenvalue weighted by Gasteiger charge is -2.02. The Morgan fingerprint density at radius 2 is 1.55 bits per heavy atom. The Hall–Kier alpha value is -1.09. The lowest BCUT2D eigenvalue weighted by atomic mass is 10.1. The molecule has 5 nitrogen and oxygen atoms in total. The minimum atomic E-state index is -2.86. The third-order valence-corrected chi connectivity index (χ3v) is 4.24. The minimum Gasteiger partial charge on any atom is -0.315 e. The molecule has 126 valence electrons. The molecule has 22 heavy (non-hydrogen) atoms. The van der Waals surface area contributed by atoms with Gasteiger partial charge in [-0.05, 0) is 12.8 Å². The molecule has 6 heteroatoms. The molecule has 0 aromatic carbocycles. The molecule has 1 aromatic heterocycles. The molecule has 1 rings (SSSR count). The zero-order valence-electron chi connectivity index (χ0n) is 14.0. The Kier molecular flexibility index (Phi) is 9.89. The van der Waals surface area contributed by atoms with E-state index >= 15 is 0 Å². The summed E-state index contributed by atoms with van der Waals surface area (Å²) >= 11 is 0. The molecule has 0 aliphatic rings. The number of unbranched alkanes of at least 4 members (excludes halogenated alkanes) is 9. The Bertz CT molecular complexity index is 476.